The normalized spacial score (nSPS) is 41.5. The summed E-state index contributed by atoms with van der Waals surface area (Å²) in [5, 5.41) is 0. The molecule has 4 atom stereocenters. The third kappa shape index (κ3) is 3.24. The lowest BCUT2D eigenvalue weighted by molar-refractivity contribution is 0.00934. The number of unbranched alkanes of at least 4 members (excludes halogenated alkanes) is 3. The van der Waals surface area contributed by atoms with Gasteiger partial charge < -0.3 is 4.74 Å². The second kappa shape index (κ2) is 5.73. The lowest BCUT2D eigenvalue weighted by Gasteiger charge is -2.40. The van der Waals surface area contributed by atoms with Crippen LogP contribution in [0.25, 0.3) is 0 Å². The van der Waals surface area contributed by atoms with E-state index in [0.717, 1.165) is 18.4 Å². The number of rotatable bonds is 5. The van der Waals surface area contributed by atoms with Gasteiger partial charge in [-0.15, -0.1) is 0 Å². The van der Waals surface area contributed by atoms with Crippen molar-refractivity contribution < 1.29 is 4.74 Å². The third-order valence-corrected chi connectivity index (χ3v) is 5.19. The molecular weight excluding hydrogens is 208 g/mol. The van der Waals surface area contributed by atoms with Crippen LogP contribution >= 0.6 is 0 Å². The van der Waals surface area contributed by atoms with Crippen LogP contribution in [0.5, 0.6) is 0 Å². The molecule has 0 spiro atoms. The van der Waals surface area contributed by atoms with Crippen LogP contribution in [0, 0.1) is 17.3 Å². The molecule has 1 aliphatic heterocycles. The van der Waals surface area contributed by atoms with Crippen molar-refractivity contribution in [2.75, 3.05) is 6.61 Å². The van der Waals surface area contributed by atoms with Crippen molar-refractivity contribution in [1.29, 1.82) is 0 Å². The van der Waals surface area contributed by atoms with E-state index in [4.69, 9.17) is 4.74 Å². The summed E-state index contributed by atoms with van der Waals surface area (Å²) >= 11 is 0. The van der Waals surface area contributed by atoms with Gasteiger partial charge in [0.15, 0.2) is 0 Å². The van der Waals surface area contributed by atoms with E-state index in [1.807, 2.05) is 0 Å². The summed E-state index contributed by atoms with van der Waals surface area (Å²) in [5.41, 5.74) is 0.582. The van der Waals surface area contributed by atoms with Crippen LogP contribution in [0.1, 0.15) is 72.1 Å². The molecule has 0 aromatic heterocycles. The Morgan fingerprint density at radius 1 is 1.24 bits per heavy atom. The van der Waals surface area contributed by atoms with Gasteiger partial charge in [0.05, 0.1) is 6.10 Å². The molecule has 1 heterocycles. The van der Waals surface area contributed by atoms with E-state index < -0.39 is 0 Å². The predicted molar refractivity (Wildman–Crippen MR) is 73.1 cm³/mol. The minimum Gasteiger partial charge on any atom is -0.378 e. The maximum atomic E-state index is 5.99. The first-order chi connectivity index (χ1) is 8.14. The first kappa shape index (κ1) is 13.4. The molecule has 1 saturated heterocycles. The SMILES string of the molecule is CCCCCC[C@]1(C)CCC2C(C)COC2C1. The molecule has 100 valence electrons. The number of hydrogen-bond acceptors (Lipinski definition) is 1. The predicted octanol–water partition coefficient (Wildman–Crippen LogP) is 4.80. The van der Waals surface area contributed by atoms with Crippen LogP contribution < -0.4 is 0 Å². The van der Waals surface area contributed by atoms with Gasteiger partial charge in [-0.3, -0.25) is 0 Å². The summed E-state index contributed by atoms with van der Waals surface area (Å²) in [6, 6.07) is 0. The summed E-state index contributed by atoms with van der Waals surface area (Å²) in [5.74, 6) is 1.68. The van der Waals surface area contributed by atoms with Crippen molar-refractivity contribution >= 4 is 0 Å². The minimum absolute atomic E-state index is 0.582. The Hall–Kier alpha value is -0.0400. The van der Waals surface area contributed by atoms with Gasteiger partial charge in [0.2, 0.25) is 0 Å². The third-order valence-electron chi connectivity index (χ3n) is 5.19. The molecule has 3 unspecified atom stereocenters. The first-order valence-electron chi connectivity index (χ1n) is 7.76. The fourth-order valence-electron chi connectivity index (χ4n) is 3.88. The van der Waals surface area contributed by atoms with Crippen molar-refractivity contribution in [1.82, 2.24) is 0 Å². The van der Waals surface area contributed by atoms with Crippen LogP contribution in [-0.2, 0) is 4.74 Å². The summed E-state index contributed by atoms with van der Waals surface area (Å²) in [4.78, 5) is 0. The summed E-state index contributed by atoms with van der Waals surface area (Å²) in [6.45, 7) is 8.18. The Balaban J connectivity index is 1.78. The van der Waals surface area contributed by atoms with Gasteiger partial charge in [-0.2, -0.15) is 0 Å². The van der Waals surface area contributed by atoms with E-state index in [1.165, 1.54) is 51.4 Å². The number of hydrogen-bond donors (Lipinski definition) is 0. The average Bonchev–Trinajstić information content (AvgIpc) is 2.66. The Morgan fingerprint density at radius 2 is 2.06 bits per heavy atom. The average molecular weight is 238 g/mol. The largest absolute Gasteiger partial charge is 0.378 e. The zero-order chi connectivity index (χ0) is 12.3. The molecule has 2 fully saturated rings. The molecule has 1 saturated carbocycles. The maximum absolute atomic E-state index is 5.99. The van der Waals surface area contributed by atoms with Gasteiger partial charge in [-0.25, -0.2) is 0 Å². The molecule has 0 aromatic carbocycles. The number of fused-ring (bicyclic) bond motifs is 1. The molecule has 1 aliphatic carbocycles. The molecule has 2 rings (SSSR count). The van der Waals surface area contributed by atoms with Gasteiger partial charge in [0.25, 0.3) is 0 Å². The fourth-order valence-corrected chi connectivity index (χ4v) is 3.88. The molecule has 0 N–H and O–H groups in total. The zero-order valence-corrected chi connectivity index (χ0v) is 12.0. The zero-order valence-electron chi connectivity index (χ0n) is 12.0. The molecule has 1 nitrogen and oxygen atoms in total. The van der Waals surface area contributed by atoms with Crippen molar-refractivity contribution in [3.8, 4) is 0 Å². The highest BCUT2D eigenvalue weighted by atomic mass is 16.5. The highest BCUT2D eigenvalue weighted by molar-refractivity contribution is 4.93. The van der Waals surface area contributed by atoms with Crippen molar-refractivity contribution in [3.05, 3.63) is 0 Å². The number of ether oxygens (including phenoxy) is 1. The molecule has 0 aromatic rings. The Morgan fingerprint density at radius 3 is 2.82 bits per heavy atom. The van der Waals surface area contributed by atoms with Gasteiger partial charge in [0.1, 0.15) is 0 Å². The monoisotopic (exact) mass is 238 g/mol. The fraction of sp³-hybridized carbons (Fsp3) is 1.00. The molecule has 2 aliphatic rings. The van der Waals surface area contributed by atoms with Crippen molar-refractivity contribution in [3.63, 3.8) is 0 Å². The molecule has 17 heavy (non-hydrogen) atoms. The van der Waals surface area contributed by atoms with Gasteiger partial charge in [-0.1, -0.05) is 46.5 Å². The van der Waals surface area contributed by atoms with E-state index in [1.54, 1.807) is 0 Å². The van der Waals surface area contributed by atoms with Gasteiger partial charge in [-0.05, 0) is 42.9 Å². The molecule has 1 heteroatoms. The van der Waals surface area contributed by atoms with Crippen LogP contribution in [0.15, 0.2) is 0 Å². The summed E-state index contributed by atoms with van der Waals surface area (Å²) in [6.07, 6.45) is 11.8. The smallest absolute Gasteiger partial charge is 0.0612 e. The Kier molecular flexibility index (Phi) is 4.52. The van der Waals surface area contributed by atoms with Gasteiger partial charge in [0, 0.05) is 6.61 Å². The maximum Gasteiger partial charge on any atom is 0.0612 e. The van der Waals surface area contributed by atoms with Crippen LogP contribution in [-0.4, -0.2) is 12.7 Å². The molecule has 0 radical (unpaired) electrons. The summed E-state index contributed by atoms with van der Waals surface area (Å²) in [7, 11) is 0. The quantitative estimate of drug-likeness (QED) is 0.625. The minimum atomic E-state index is 0.582. The topological polar surface area (TPSA) is 9.23 Å². The van der Waals surface area contributed by atoms with E-state index in [2.05, 4.69) is 20.8 Å². The van der Waals surface area contributed by atoms with Crippen molar-refractivity contribution in [2.45, 2.75) is 78.2 Å². The van der Waals surface area contributed by atoms with E-state index in [9.17, 15) is 0 Å². The van der Waals surface area contributed by atoms with Crippen LogP contribution in [0.3, 0.4) is 0 Å². The highest BCUT2D eigenvalue weighted by Crippen LogP contribution is 2.48. The Labute approximate surface area is 107 Å². The second-order valence-electron chi connectivity index (χ2n) is 6.88. The van der Waals surface area contributed by atoms with Crippen LogP contribution in [0.2, 0.25) is 0 Å². The molecule has 0 bridgehead atoms. The van der Waals surface area contributed by atoms with Gasteiger partial charge >= 0.3 is 0 Å². The standard InChI is InChI=1S/C16H30O/c1-4-5-6-7-9-16(3)10-8-14-13(2)12-17-15(14)11-16/h13-15H,4-12H2,1-3H3/t13?,14?,15?,16-/m1/s1. The molecule has 0 amide bonds. The first-order valence-corrected chi connectivity index (χ1v) is 7.76. The van der Waals surface area contributed by atoms with E-state index in [-0.39, 0.29) is 0 Å². The highest BCUT2D eigenvalue weighted by Gasteiger charge is 2.43. The summed E-state index contributed by atoms with van der Waals surface area (Å²) < 4.78 is 5.99. The van der Waals surface area contributed by atoms with Crippen molar-refractivity contribution in [2.24, 2.45) is 17.3 Å². The Bertz CT molecular complexity index is 238. The second-order valence-corrected chi connectivity index (χ2v) is 6.88. The van der Waals surface area contributed by atoms with E-state index >= 15 is 0 Å². The van der Waals surface area contributed by atoms with E-state index in [0.29, 0.717) is 11.5 Å². The molecular formula is C16H30O. The lowest BCUT2D eigenvalue weighted by Crippen LogP contribution is -2.34. The van der Waals surface area contributed by atoms with Crippen LogP contribution in [0.4, 0.5) is 0 Å². The lowest BCUT2D eigenvalue weighted by atomic mass is 9.66.